The highest BCUT2D eigenvalue weighted by molar-refractivity contribution is 7.87. The van der Waals surface area contributed by atoms with Gasteiger partial charge >= 0.3 is 5.97 Å². The van der Waals surface area contributed by atoms with Gasteiger partial charge in [-0.25, -0.2) is 0 Å². The first-order chi connectivity index (χ1) is 11.0. The molecule has 2 N–H and O–H groups in total. The number of benzene rings is 1. The highest BCUT2D eigenvalue weighted by Gasteiger charge is 2.45. The van der Waals surface area contributed by atoms with E-state index in [9.17, 15) is 18.3 Å². The molecular weight excluding hydrogens is 316 g/mol. The molecule has 0 bridgehead atoms. The number of aliphatic carboxylic acids is 1. The summed E-state index contributed by atoms with van der Waals surface area (Å²) >= 11 is 0. The van der Waals surface area contributed by atoms with E-state index in [-0.39, 0.29) is 6.42 Å². The summed E-state index contributed by atoms with van der Waals surface area (Å²) in [6.07, 6.45) is 2.50. The minimum absolute atomic E-state index is 0.272. The second-order valence-corrected chi connectivity index (χ2v) is 8.55. The third-order valence-electron chi connectivity index (χ3n) is 5.60. The Bertz CT molecular complexity index is 736. The second-order valence-electron chi connectivity index (χ2n) is 6.85. The van der Waals surface area contributed by atoms with Crippen molar-refractivity contribution in [1.82, 2.24) is 9.03 Å². The van der Waals surface area contributed by atoms with E-state index in [0.717, 1.165) is 18.4 Å². The number of rotatable bonds is 4. The predicted octanol–water partition coefficient (Wildman–Crippen LogP) is 1.48. The highest BCUT2D eigenvalue weighted by Crippen LogP contribution is 2.43. The minimum Gasteiger partial charge on any atom is -0.481 e. The molecule has 0 unspecified atom stereocenters. The van der Waals surface area contributed by atoms with Gasteiger partial charge in [-0.2, -0.15) is 17.4 Å². The zero-order valence-electron chi connectivity index (χ0n) is 12.7. The molecule has 1 heterocycles. The summed E-state index contributed by atoms with van der Waals surface area (Å²) in [5.74, 6) is -0.532. The van der Waals surface area contributed by atoms with Crippen molar-refractivity contribution in [3.63, 3.8) is 0 Å². The van der Waals surface area contributed by atoms with Crippen molar-refractivity contribution in [2.45, 2.75) is 31.2 Å². The van der Waals surface area contributed by atoms with Crippen LogP contribution in [0.1, 0.15) is 42.3 Å². The zero-order chi connectivity index (χ0) is 16.2. The molecule has 124 valence electrons. The third kappa shape index (κ3) is 2.47. The van der Waals surface area contributed by atoms with Crippen LogP contribution in [0.25, 0.3) is 0 Å². The summed E-state index contributed by atoms with van der Waals surface area (Å²) in [6.45, 7) is 1.19. The molecule has 2 fully saturated rings. The fourth-order valence-electron chi connectivity index (χ4n) is 4.15. The van der Waals surface area contributed by atoms with Gasteiger partial charge in [0.2, 0.25) is 0 Å². The lowest BCUT2D eigenvalue weighted by atomic mass is 9.77. The van der Waals surface area contributed by atoms with Crippen LogP contribution in [0.15, 0.2) is 24.3 Å². The summed E-state index contributed by atoms with van der Waals surface area (Å²) in [4.78, 5) is 11.4. The van der Waals surface area contributed by atoms with Crippen molar-refractivity contribution in [3.8, 4) is 0 Å². The molecule has 6 nitrogen and oxygen atoms in total. The van der Waals surface area contributed by atoms with Gasteiger partial charge in [-0.3, -0.25) is 4.79 Å². The zero-order valence-corrected chi connectivity index (χ0v) is 13.5. The van der Waals surface area contributed by atoms with E-state index >= 15 is 0 Å². The molecule has 0 amide bonds. The van der Waals surface area contributed by atoms with Gasteiger partial charge in [-0.1, -0.05) is 24.3 Å². The van der Waals surface area contributed by atoms with Crippen LogP contribution in [0, 0.1) is 11.8 Å². The van der Waals surface area contributed by atoms with E-state index in [2.05, 4.69) is 4.72 Å². The van der Waals surface area contributed by atoms with E-state index in [0.29, 0.717) is 30.5 Å². The van der Waals surface area contributed by atoms with Gasteiger partial charge in [-0.15, -0.1) is 0 Å². The summed E-state index contributed by atoms with van der Waals surface area (Å²) in [6, 6.07) is 6.75. The van der Waals surface area contributed by atoms with Crippen LogP contribution in [0.2, 0.25) is 0 Å². The Kier molecular flexibility index (Phi) is 3.48. The highest BCUT2D eigenvalue weighted by atomic mass is 32.2. The molecule has 1 saturated heterocycles. The van der Waals surface area contributed by atoms with Crippen molar-refractivity contribution >= 4 is 16.2 Å². The quantitative estimate of drug-likeness (QED) is 0.872. The molecule has 1 aromatic carbocycles. The Balaban J connectivity index is 1.56. The SMILES string of the molecule is O=C(O)[C@@H]1C[C@H](NS(=O)(=O)N2C[C@H]3CC[C@H]3C2)c2ccccc21. The Hall–Kier alpha value is -1.44. The van der Waals surface area contributed by atoms with E-state index in [1.807, 2.05) is 12.1 Å². The average Bonchev–Trinajstić information content (AvgIpc) is 2.98. The fourth-order valence-corrected chi connectivity index (χ4v) is 5.65. The molecule has 2 aliphatic carbocycles. The lowest BCUT2D eigenvalue weighted by Gasteiger charge is -2.27. The largest absolute Gasteiger partial charge is 0.481 e. The normalized spacial score (nSPS) is 33.0. The van der Waals surface area contributed by atoms with Gasteiger partial charge in [0.25, 0.3) is 10.2 Å². The molecule has 7 heteroatoms. The molecule has 1 saturated carbocycles. The smallest absolute Gasteiger partial charge is 0.311 e. The Morgan fingerprint density at radius 2 is 1.74 bits per heavy atom. The van der Waals surface area contributed by atoms with E-state index < -0.39 is 28.1 Å². The molecule has 4 atom stereocenters. The van der Waals surface area contributed by atoms with E-state index in [4.69, 9.17) is 0 Å². The van der Waals surface area contributed by atoms with Crippen molar-refractivity contribution in [3.05, 3.63) is 35.4 Å². The number of carbonyl (C=O) groups is 1. The molecule has 23 heavy (non-hydrogen) atoms. The first-order valence-electron chi connectivity index (χ1n) is 8.05. The maximum absolute atomic E-state index is 12.7. The average molecular weight is 336 g/mol. The number of hydrogen-bond donors (Lipinski definition) is 2. The molecule has 4 rings (SSSR count). The summed E-state index contributed by atoms with van der Waals surface area (Å²) in [5.41, 5.74) is 1.50. The first kappa shape index (κ1) is 15.1. The van der Waals surface area contributed by atoms with Crippen molar-refractivity contribution in [2.24, 2.45) is 11.8 Å². The van der Waals surface area contributed by atoms with Crippen molar-refractivity contribution < 1.29 is 18.3 Å². The molecule has 0 spiro atoms. The standard InChI is InChI=1S/C16H20N2O4S/c19-16(20)14-7-15(13-4-2-1-3-12(13)14)17-23(21,22)18-8-10-5-6-11(10)9-18/h1-4,10-11,14-15,17H,5-9H2,(H,19,20)/t10-,11+,14-,15+/m1/s1. The molecule has 1 aromatic rings. The third-order valence-corrected chi connectivity index (χ3v) is 7.16. The van der Waals surface area contributed by atoms with Crippen LogP contribution in [0.4, 0.5) is 0 Å². The Labute approximate surface area is 135 Å². The summed E-state index contributed by atoms with van der Waals surface area (Å²) < 4.78 is 29.6. The molecular formula is C16H20N2O4S. The van der Waals surface area contributed by atoms with Gasteiger partial charge in [-0.05, 0) is 42.2 Å². The van der Waals surface area contributed by atoms with Gasteiger partial charge in [0, 0.05) is 19.1 Å². The molecule has 1 aliphatic heterocycles. The van der Waals surface area contributed by atoms with Gasteiger partial charge in [0.1, 0.15) is 0 Å². The van der Waals surface area contributed by atoms with Crippen LogP contribution in [0.5, 0.6) is 0 Å². The number of nitrogens with one attached hydrogen (secondary N) is 1. The van der Waals surface area contributed by atoms with E-state index in [1.165, 1.54) is 4.31 Å². The predicted molar refractivity (Wildman–Crippen MR) is 84.0 cm³/mol. The monoisotopic (exact) mass is 336 g/mol. The number of carboxylic acids is 1. The van der Waals surface area contributed by atoms with Crippen LogP contribution in [-0.4, -0.2) is 36.9 Å². The van der Waals surface area contributed by atoms with Crippen LogP contribution >= 0.6 is 0 Å². The summed E-state index contributed by atoms with van der Waals surface area (Å²) in [7, 11) is -3.57. The van der Waals surface area contributed by atoms with Crippen molar-refractivity contribution in [1.29, 1.82) is 0 Å². The Morgan fingerprint density at radius 3 is 2.30 bits per heavy atom. The fraction of sp³-hybridized carbons (Fsp3) is 0.562. The van der Waals surface area contributed by atoms with Gasteiger partial charge in [0.15, 0.2) is 0 Å². The lowest BCUT2D eigenvalue weighted by Crippen LogP contribution is -2.40. The van der Waals surface area contributed by atoms with Crippen LogP contribution in [0.3, 0.4) is 0 Å². The molecule has 0 radical (unpaired) electrons. The topological polar surface area (TPSA) is 86.7 Å². The minimum atomic E-state index is -3.57. The molecule has 0 aromatic heterocycles. The number of hydrogen-bond acceptors (Lipinski definition) is 3. The van der Waals surface area contributed by atoms with Gasteiger partial charge < -0.3 is 5.11 Å². The van der Waals surface area contributed by atoms with Crippen LogP contribution in [-0.2, 0) is 15.0 Å². The van der Waals surface area contributed by atoms with Gasteiger partial charge in [0.05, 0.1) is 5.92 Å². The maximum Gasteiger partial charge on any atom is 0.311 e. The Morgan fingerprint density at radius 1 is 1.13 bits per heavy atom. The lowest BCUT2D eigenvalue weighted by molar-refractivity contribution is -0.138. The molecule has 3 aliphatic rings. The maximum atomic E-state index is 12.7. The second kappa shape index (κ2) is 5.29. The van der Waals surface area contributed by atoms with E-state index in [1.54, 1.807) is 12.1 Å². The summed E-state index contributed by atoms with van der Waals surface area (Å²) in [5, 5.41) is 9.38. The van der Waals surface area contributed by atoms with Crippen molar-refractivity contribution in [2.75, 3.05) is 13.1 Å². The number of fused-ring (bicyclic) bond motifs is 2. The first-order valence-corrected chi connectivity index (χ1v) is 9.49. The van der Waals surface area contributed by atoms with Crippen LogP contribution < -0.4 is 4.72 Å². The number of carboxylic acid groups (broad SMARTS) is 1. The number of nitrogens with zero attached hydrogens (tertiary/aromatic N) is 1.